The number of aromatic nitrogens is 4. The molecule has 1 N–H and O–H groups in total. The lowest BCUT2D eigenvalue weighted by Gasteiger charge is -2.13. The molecule has 3 heterocycles. The number of aliphatic hydroxyl groups is 1. The van der Waals surface area contributed by atoms with Gasteiger partial charge in [-0.15, -0.1) is 0 Å². The Bertz CT molecular complexity index is 944. The fourth-order valence-corrected chi connectivity index (χ4v) is 2.45. The van der Waals surface area contributed by atoms with E-state index in [9.17, 15) is 14.3 Å². The van der Waals surface area contributed by atoms with E-state index in [1.54, 1.807) is 6.92 Å². The highest BCUT2D eigenvalue weighted by atomic mass is 35.5. The normalized spacial score (nSPS) is 12.5. The average Bonchev–Trinajstić information content (AvgIpc) is 2.54. The molecular weight excluding hydrogens is 323 g/mol. The van der Waals surface area contributed by atoms with Gasteiger partial charge in [-0.25, -0.2) is 14.4 Å². The third-order valence-corrected chi connectivity index (χ3v) is 3.65. The smallest absolute Gasteiger partial charge is 0.261 e. The van der Waals surface area contributed by atoms with Crippen LogP contribution in [-0.4, -0.2) is 31.2 Å². The van der Waals surface area contributed by atoms with Gasteiger partial charge in [-0.3, -0.25) is 14.3 Å². The molecule has 0 bridgehead atoms. The fourth-order valence-electron chi connectivity index (χ4n) is 2.26. The zero-order chi connectivity index (χ0) is 16.6. The van der Waals surface area contributed by atoms with E-state index in [1.165, 1.54) is 29.2 Å². The van der Waals surface area contributed by atoms with E-state index in [0.29, 0.717) is 11.1 Å². The zero-order valence-electron chi connectivity index (χ0n) is 12.1. The lowest BCUT2D eigenvalue weighted by molar-refractivity contribution is 0.236. The molecular formula is C15H12ClFN4O2. The van der Waals surface area contributed by atoms with Crippen molar-refractivity contribution in [1.82, 2.24) is 19.5 Å². The molecule has 0 saturated heterocycles. The molecule has 0 amide bonds. The van der Waals surface area contributed by atoms with Crippen LogP contribution >= 0.6 is 11.6 Å². The van der Waals surface area contributed by atoms with Crippen LogP contribution in [-0.2, 0) is 0 Å². The predicted molar refractivity (Wildman–Crippen MR) is 83.8 cm³/mol. The van der Waals surface area contributed by atoms with Crippen molar-refractivity contribution in [3.8, 4) is 11.3 Å². The Balaban J connectivity index is 2.33. The highest BCUT2D eigenvalue weighted by Gasteiger charge is 2.15. The van der Waals surface area contributed by atoms with Gasteiger partial charge in [-0.1, -0.05) is 11.6 Å². The van der Waals surface area contributed by atoms with Gasteiger partial charge in [-0.05, 0) is 19.1 Å². The lowest BCUT2D eigenvalue weighted by atomic mass is 10.1. The van der Waals surface area contributed by atoms with Crippen molar-refractivity contribution < 1.29 is 9.50 Å². The van der Waals surface area contributed by atoms with Crippen molar-refractivity contribution in [2.24, 2.45) is 0 Å². The second kappa shape index (κ2) is 6.02. The molecule has 0 aliphatic carbocycles. The minimum absolute atomic E-state index is 0.0880. The molecule has 6 nitrogen and oxygen atoms in total. The quantitative estimate of drug-likeness (QED) is 0.743. The summed E-state index contributed by atoms with van der Waals surface area (Å²) in [7, 11) is 0. The first kappa shape index (κ1) is 15.5. The zero-order valence-corrected chi connectivity index (χ0v) is 12.8. The van der Waals surface area contributed by atoms with E-state index in [1.807, 2.05) is 0 Å². The second-order valence-electron chi connectivity index (χ2n) is 5.07. The van der Waals surface area contributed by atoms with Crippen molar-refractivity contribution in [3.05, 3.63) is 52.2 Å². The third-order valence-electron chi connectivity index (χ3n) is 3.46. The fraction of sp³-hybridized carbons (Fsp3) is 0.200. The first-order valence-electron chi connectivity index (χ1n) is 6.80. The van der Waals surface area contributed by atoms with Crippen LogP contribution < -0.4 is 5.56 Å². The number of aliphatic hydroxyl groups excluding tert-OH is 1. The van der Waals surface area contributed by atoms with Gasteiger partial charge in [0, 0.05) is 11.8 Å². The summed E-state index contributed by atoms with van der Waals surface area (Å²) >= 11 is 6.00. The number of hydrogen-bond donors (Lipinski definition) is 1. The van der Waals surface area contributed by atoms with Crippen LogP contribution in [0.1, 0.15) is 13.0 Å². The Morgan fingerprint density at radius 1 is 1.39 bits per heavy atom. The number of nitrogens with zero attached hydrogens (tertiary/aromatic N) is 4. The summed E-state index contributed by atoms with van der Waals surface area (Å²) in [6.45, 7) is 1.49. The van der Waals surface area contributed by atoms with Crippen molar-refractivity contribution in [2.45, 2.75) is 13.0 Å². The largest absolute Gasteiger partial charge is 0.394 e. The van der Waals surface area contributed by atoms with Crippen molar-refractivity contribution in [2.75, 3.05) is 6.61 Å². The van der Waals surface area contributed by atoms with Crippen LogP contribution in [0, 0.1) is 5.82 Å². The molecule has 0 aliphatic rings. The summed E-state index contributed by atoms with van der Waals surface area (Å²) < 4.78 is 14.7. The first-order valence-corrected chi connectivity index (χ1v) is 7.18. The summed E-state index contributed by atoms with van der Waals surface area (Å²) in [5.41, 5.74) is 0.595. The Hall–Kier alpha value is -2.38. The van der Waals surface area contributed by atoms with E-state index in [-0.39, 0.29) is 28.4 Å². The summed E-state index contributed by atoms with van der Waals surface area (Å²) in [6, 6.07) is 2.23. The van der Waals surface area contributed by atoms with Crippen LogP contribution in [0.5, 0.6) is 0 Å². The lowest BCUT2D eigenvalue weighted by Crippen LogP contribution is -2.25. The molecule has 3 aromatic rings. The topological polar surface area (TPSA) is 80.9 Å². The summed E-state index contributed by atoms with van der Waals surface area (Å²) in [5.74, 6) is -0.528. The summed E-state index contributed by atoms with van der Waals surface area (Å²) in [6.07, 6.45) is 3.82. The number of fused-ring (bicyclic) bond motifs is 1. The van der Waals surface area contributed by atoms with Crippen LogP contribution in [0.4, 0.5) is 4.39 Å². The van der Waals surface area contributed by atoms with Crippen molar-refractivity contribution in [3.63, 3.8) is 0 Å². The molecule has 0 aromatic carbocycles. The Morgan fingerprint density at radius 3 is 2.87 bits per heavy atom. The molecule has 0 aliphatic heterocycles. The maximum atomic E-state index is 13.4. The second-order valence-corrected chi connectivity index (χ2v) is 5.46. The van der Waals surface area contributed by atoms with Gasteiger partial charge in [-0.2, -0.15) is 0 Å². The highest BCUT2D eigenvalue weighted by molar-refractivity contribution is 6.30. The summed E-state index contributed by atoms with van der Waals surface area (Å²) in [4.78, 5) is 24.7. The Labute approximate surface area is 135 Å². The van der Waals surface area contributed by atoms with Crippen LogP contribution in [0.2, 0.25) is 5.15 Å². The maximum Gasteiger partial charge on any atom is 0.261 e. The molecule has 3 rings (SSSR count). The van der Waals surface area contributed by atoms with E-state index >= 15 is 0 Å². The van der Waals surface area contributed by atoms with E-state index in [0.717, 1.165) is 6.20 Å². The monoisotopic (exact) mass is 334 g/mol. The molecule has 1 atom stereocenters. The van der Waals surface area contributed by atoms with Crippen LogP contribution in [0.25, 0.3) is 22.2 Å². The third kappa shape index (κ3) is 2.80. The summed E-state index contributed by atoms with van der Waals surface area (Å²) in [5, 5.41) is 9.56. The minimum atomic E-state index is -0.528. The van der Waals surface area contributed by atoms with Crippen molar-refractivity contribution in [1.29, 1.82) is 0 Å². The maximum absolute atomic E-state index is 13.4. The number of rotatable bonds is 3. The van der Waals surface area contributed by atoms with Gasteiger partial charge in [0.2, 0.25) is 0 Å². The molecule has 8 heteroatoms. The number of pyridine rings is 2. The molecule has 0 radical (unpaired) electrons. The molecule has 118 valence electrons. The number of halogens is 2. The van der Waals surface area contributed by atoms with Crippen LogP contribution in [0.15, 0.2) is 35.6 Å². The van der Waals surface area contributed by atoms with Gasteiger partial charge in [0.05, 0.1) is 30.6 Å². The van der Waals surface area contributed by atoms with Gasteiger partial charge in [0.1, 0.15) is 22.2 Å². The molecule has 0 saturated carbocycles. The Morgan fingerprint density at radius 2 is 2.17 bits per heavy atom. The molecule has 0 fully saturated rings. The van der Waals surface area contributed by atoms with Gasteiger partial charge < -0.3 is 5.11 Å². The van der Waals surface area contributed by atoms with Gasteiger partial charge in [0.15, 0.2) is 0 Å². The van der Waals surface area contributed by atoms with E-state index in [2.05, 4.69) is 15.0 Å². The Kier molecular flexibility index (Phi) is 4.06. The first-order chi connectivity index (χ1) is 11.0. The SMILES string of the molecule is C[C@@H](CO)n1cnc2c(-c3cncc(F)c3)nc(Cl)cc2c1=O. The molecule has 0 spiro atoms. The van der Waals surface area contributed by atoms with Gasteiger partial charge in [0.25, 0.3) is 5.56 Å². The van der Waals surface area contributed by atoms with Gasteiger partial charge >= 0.3 is 0 Å². The van der Waals surface area contributed by atoms with E-state index < -0.39 is 11.9 Å². The van der Waals surface area contributed by atoms with E-state index in [4.69, 9.17) is 11.6 Å². The molecule has 23 heavy (non-hydrogen) atoms. The van der Waals surface area contributed by atoms with Crippen molar-refractivity contribution >= 4 is 22.5 Å². The average molecular weight is 335 g/mol. The molecule has 3 aromatic heterocycles. The van der Waals surface area contributed by atoms with Crippen LogP contribution in [0.3, 0.4) is 0 Å². The number of hydrogen-bond acceptors (Lipinski definition) is 5. The standard InChI is InChI=1S/C15H12ClFN4O2/c1-8(6-22)21-7-19-14-11(15(21)23)3-12(16)20-13(14)9-2-10(17)5-18-4-9/h2-5,7-8,22H,6H2,1H3/t8-/m0/s1. The molecule has 0 unspecified atom stereocenters. The predicted octanol–water partition coefficient (Wildman–Crippen LogP) is 2.20. The highest BCUT2D eigenvalue weighted by Crippen LogP contribution is 2.26. The minimum Gasteiger partial charge on any atom is -0.394 e.